The molecule has 0 atom stereocenters. The molecule has 0 aliphatic heterocycles. The van der Waals surface area contributed by atoms with Gasteiger partial charge in [-0.1, -0.05) is 26.0 Å². The number of anilines is 1. The van der Waals surface area contributed by atoms with E-state index in [-0.39, 0.29) is 24.0 Å². The summed E-state index contributed by atoms with van der Waals surface area (Å²) in [5, 5.41) is 7.50. The molecule has 0 spiro atoms. The summed E-state index contributed by atoms with van der Waals surface area (Å²) in [6.45, 7) is 9.05. The highest BCUT2D eigenvalue weighted by atomic mass is 32.2. The average molecular weight is 375 g/mol. The Hall–Kier alpha value is -2.28. The fourth-order valence-corrected chi connectivity index (χ4v) is 3.46. The van der Waals surface area contributed by atoms with Gasteiger partial charge in [-0.2, -0.15) is 5.10 Å². The predicted octanol–water partition coefficient (Wildman–Crippen LogP) is 2.91. The minimum atomic E-state index is -0.389. The Labute approximate surface area is 158 Å². The number of aryl methyl sites for hydroxylation is 1. The van der Waals surface area contributed by atoms with Crippen molar-refractivity contribution in [3.63, 3.8) is 0 Å². The normalized spacial score (nSPS) is 11.0. The van der Waals surface area contributed by atoms with Crippen LogP contribution in [0.25, 0.3) is 0 Å². The molecule has 2 rings (SSSR count). The molecule has 2 aromatic rings. The first-order valence-corrected chi connectivity index (χ1v) is 9.59. The molecule has 1 aromatic heterocycles. The Kier molecular flexibility index (Phi) is 6.85. The van der Waals surface area contributed by atoms with Crippen molar-refractivity contribution in [1.29, 1.82) is 0 Å². The first-order valence-electron chi connectivity index (χ1n) is 8.60. The number of hydrogen-bond donors (Lipinski definition) is 2. The maximum Gasteiger partial charge on any atom is 0.228 e. The van der Waals surface area contributed by atoms with E-state index in [4.69, 9.17) is 5.73 Å². The number of aromatic nitrogens is 2. The Balaban J connectivity index is 2.10. The van der Waals surface area contributed by atoms with Crippen molar-refractivity contribution in [2.45, 2.75) is 45.6 Å². The summed E-state index contributed by atoms with van der Waals surface area (Å²) in [6.07, 6.45) is 0.268. The zero-order chi connectivity index (χ0) is 19.3. The molecule has 3 N–H and O–H groups in total. The lowest BCUT2D eigenvalue weighted by Crippen LogP contribution is -2.17. The number of carbonyl (C=O) groups is 2. The van der Waals surface area contributed by atoms with E-state index in [0.717, 1.165) is 28.4 Å². The third-order valence-corrected chi connectivity index (χ3v) is 5.03. The van der Waals surface area contributed by atoms with E-state index in [1.54, 1.807) is 0 Å². The van der Waals surface area contributed by atoms with Gasteiger partial charge in [0.15, 0.2) is 0 Å². The Morgan fingerprint density at radius 3 is 2.62 bits per heavy atom. The van der Waals surface area contributed by atoms with Gasteiger partial charge in [-0.05, 0) is 31.9 Å². The zero-order valence-electron chi connectivity index (χ0n) is 15.7. The van der Waals surface area contributed by atoms with Crippen molar-refractivity contribution in [1.82, 2.24) is 9.78 Å². The first kappa shape index (κ1) is 20.0. The van der Waals surface area contributed by atoms with Gasteiger partial charge in [0.05, 0.1) is 23.6 Å². The summed E-state index contributed by atoms with van der Waals surface area (Å²) in [5.41, 5.74) is 8.77. The molecular weight excluding hydrogens is 348 g/mol. The molecule has 0 bridgehead atoms. The summed E-state index contributed by atoms with van der Waals surface area (Å²) in [4.78, 5) is 24.4. The quantitative estimate of drug-likeness (QED) is 0.695. The molecule has 0 aliphatic carbocycles. The number of nitrogens with two attached hydrogens (primary N) is 1. The second-order valence-corrected chi connectivity index (χ2v) is 7.72. The lowest BCUT2D eigenvalue weighted by atomic mass is 10.1. The molecule has 7 heteroatoms. The van der Waals surface area contributed by atoms with Crippen LogP contribution in [0.1, 0.15) is 30.8 Å². The minimum absolute atomic E-state index is 0.104. The van der Waals surface area contributed by atoms with E-state index in [1.165, 1.54) is 11.8 Å². The number of nitrogens with zero attached hydrogens (tertiary/aromatic N) is 2. The summed E-state index contributed by atoms with van der Waals surface area (Å²) in [6, 6.07) is 7.40. The van der Waals surface area contributed by atoms with Crippen LogP contribution < -0.4 is 11.1 Å². The average Bonchev–Trinajstić information content (AvgIpc) is 2.81. The number of rotatable bonds is 8. The van der Waals surface area contributed by atoms with Crippen LogP contribution in [0.3, 0.4) is 0 Å². The molecule has 0 aliphatic rings. The van der Waals surface area contributed by atoms with Crippen LogP contribution in [0.4, 0.5) is 5.69 Å². The van der Waals surface area contributed by atoms with Crippen molar-refractivity contribution in [2.24, 2.45) is 11.7 Å². The SMILES string of the molecule is Cc1nn(CC(C)C)c(C)c1CC(=O)Nc1ccccc1SCC(N)=O. The van der Waals surface area contributed by atoms with Gasteiger partial charge < -0.3 is 11.1 Å². The van der Waals surface area contributed by atoms with Crippen LogP contribution >= 0.6 is 11.8 Å². The molecule has 1 aromatic carbocycles. The summed E-state index contributed by atoms with van der Waals surface area (Å²) < 4.78 is 1.97. The van der Waals surface area contributed by atoms with Gasteiger partial charge in [-0.15, -0.1) is 11.8 Å². The number of primary amides is 1. The van der Waals surface area contributed by atoms with Crippen LogP contribution in [0.5, 0.6) is 0 Å². The lowest BCUT2D eigenvalue weighted by Gasteiger charge is -2.11. The van der Waals surface area contributed by atoms with Crippen molar-refractivity contribution in [3.05, 3.63) is 41.2 Å². The van der Waals surface area contributed by atoms with Crippen LogP contribution in [-0.4, -0.2) is 27.3 Å². The van der Waals surface area contributed by atoms with Crippen LogP contribution in [0, 0.1) is 19.8 Å². The number of hydrogen-bond acceptors (Lipinski definition) is 4. The minimum Gasteiger partial charge on any atom is -0.369 e. The predicted molar refractivity (Wildman–Crippen MR) is 105 cm³/mol. The van der Waals surface area contributed by atoms with Crippen molar-refractivity contribution in [2.75, 3.05) is 11.1 Å². The summed E-state index contributed by atoms with van der Waals surface area (Å²) in [5.74, 6) is 0.170. The van der Waals surface area contributed by atoms with Crippen molar-refractivity contribution >= 4 is 29.3 Å². The topological polar surface area (TPSA) is 90.0 Å². The first-order chi connectivity index (χ1) is 12.3. The molecule has 0 fully saturated rings. The van der Waals surface area contributed by atoms with Crippen molar-refractivity contribution < 1.29 is 9.59 Å². The Morgan fingerprint density at radius 1 is 1.27 bits per heavy atom. The zero-order valence-corrected chi connectivity index (χ0v) is 16.5. The highest BCUT2D eigenvalue weighted by Gasteiger charge is 2.16. The number of amides is 2. The van der Waals surface area contributed by atoms with Crippen LogP contribution in [0.2, 0.25) is 0 Å². The Morgan fingerprint density at radius 2 is 1.96 bits per heavy atom. The van der Waals surface area contributed by atoms with Gasteiger partial charge in [-0.3, -0.25) is 14.3 Å². The highest BCUT2D eigenvalue weighted by molar-refractivity contribution is 8.00. The molecule has 0 saturated carbocycles. The largest absolute Gasteiger partial charge is 0.369 e. The fourth-order valence-electron chi connectivity index (χ4n) is 2.71. The molecule has 26 heavy (non-hydrogen) atoms. The number of nitrogens with one attached hydrogen (secondary N) is 1. The third kappa shape index (κ3) is 5.36. The molecule has 0 radical (unpaired) electrons. The van der Waals surface area contributed by atoms with E-state index in [9.17, 15) is 9.59 Å². The molecule has 2 amide bonds. The molecule has 1 heterocycles. The smallest absolute Gasteiger partial charge is 0.228 e. The van der Waals surface area contributed by atoms with Gasteiger partial charge in [0.25, 0.3) is 0 Å². The number of thioether (sulfide) groups is 1. The Bertz CT molecular complexity index is 799. The number of benzene rings is 1. The molecule has 0 saturated heterocycles. The van der Waals surface area contributed by atoms with E-state index >= 15 is 0 Å². The maximum absolute atomic E-state index is 12.6. The lowest BCUT2D eigenvalue weighted by molar-refractivity contribution is -0.116. The fraction of sp³-hybridized carbons (Fsp3) is 0.421. The van der Waals surface area contributed by atoms with E-state index < -0.39 is 0 Å². The number of carbonyl (C=O) groups excluding carboxylic acids is 2. The molecule has 140 valence electrons. The van der Waals surface area contributed by atoms with Gasteiger partial charge in [0.1, 0.15) is 0 Å². The number of para-hydroxylation sites is 1. The van der Waals surface area contributed by atoms with Gasteiger partial charge >= 0.3 is 0 Å². The monoisotopic (exact) mass is 374 g/mol. The van der Waals surface area contributed by atoms with E-state index in [0.29, 0.717) is 11.6 Å². The molecular formula is C19H26N4O2S. The second kappa shape index (κ2) is 8.89. The van der Waals surface area contributed by atoms with Gasteiger partial charge in [0, 0.05) is 22.7 Å². The van der Waals surface area contributed by atoms with E-state index in [1.807, 2.05) is 42.8 Å². The van der Waals surface area contributed by atoms with Gasteiger partial charge in [0.2, 0.25) is 11.8 Å². The maximum atomic E-state index is 12.6. The van der Waals surface area contributed by atoms with Gasteiger partial charge in [-0.25, -0.2) is 0 Å². The van der Waals surface area contributed by atoms with Crippen LogP contribution in [0.15, 0.2) is 29.2 Å². The van der Waals surface area contributed by atoms with Crippen LogP contribution in [-0.2, 0) is 22.6 Å². The second-order valence-electron chi connectivity index (χ2n) is 6.70. The molecule has 6 nitrogen and oxygen atoms in total. The van der Waals surface area contributed by atoms with Crippen molar-refractivity contribution in [3.8, 4) is 0 Å². The summed E-state index contributed by atoms with van der Waals surface area (Å²) >= 11 is 1.31. The van der Waals surface area contributed by atoms with E-state index in [2.05, 4.69) is 24.3 Å². The standard InChI is InChI=1S/C19H26N4O2S/c1-12(2)10-23-14(4)15(13(3)22-23)9-19(25)21-16-7-5-6-8-17(16)26-11-18(20)24/h5-8,12H,9-11H2,1-4H3,(H2,20,24)(H,21,25). The summed E-state index contributed by atoms with van der Waals surface area (Å²) in [7, 11) is 0. The molecule has 0 unspecified atom stereocenters. The highest BCUT2D eigenvalue weighted by Crippen LogP contribution is 2.27. The third-order valence-electron chi connectivity index (χ3n) is 3.94.